The lowest BCUT2D eigenvalue weighted by Crippen LogP contribution is -2.27. The Balaban J connectivity index is 0.00000144. The third-order valence-electron chi connectivity index (χ3n) is 2.54. The average molecular weight is 208 g/mol. The van der Waals surface area contributed by atoms with Gasteiger partial charge in [-0.2, -0.15) is 0 Å². The zero-order chi connectivity index (χ0) is 9.19. The molecule has 0 saturated carbocycles. The van der Waals surface area contributed by atoms with E-state index in [2.05, 4.69) is 5.32 Å². The highest BCUT2D eigenvalue weighted by Crippen LogP contribution is 2.28. The third-order valence-corrected chi connectivity index (χ3v) is 2.54. The van der Waals surface area contributed by atoms with Gasteiger partial charge >= 0.3 is 5.97 Å². The largest absolute Gasteiger partial charge is 0.481 e. The van der Waals surface area contributed by atoms with Crippen LogP contribution in [0.5, 0.6) is 0 Å². The molecule has 4 heteroatoms. The molecule has 13 heavy (non-hydrogen) atoms. The molecular weight excluding hydrogens is 190 g/mol. The molecule has 3 nitrogen and oxygen atoms in total. The number of carbonyl (C=O) groups is 1. The van der Waals surface area contributed by atoms with Gasteiger partial charge in [-0.3, -0.25) is 4.79 Å². The zero-order valence-corrected chi connectivity index (χ0v) is 8.99. The standard InChI is InChI=1S/C9H17NO2.ClH/c1-9(2,8(11)12)5-7-3-4-10-6-7;/h7,10H,3-6H2,1-2H3,(H,11,12);1H. The Bertz CT molecular complexity index is 176. The Morgan fingerprint density at radius 3 is 2.62 bits per heavy atom. The van der Waals surface area contributed by atoms with Gasteiger partial charge in [-0.05, 0) is 45.7 Å². The lowest BCUT2D eigenvalue weighted by atomic mass is 9.82. The van der Waals surface area contributed by atoms with Crippen molar-refractivity contribution in [2.45, 2.75) is 26.7 Å². The minimum absolute atomic E-state index is 0. The van der Waals surface area contributed by atoms with Gasteiger partial charge in [0.1, 0.15) is 0 Å². The Kier molecular flexibility index (Phi) is 4.71. The summed E-state index contributed by atoms with van der Waals surface area (Å²) in [6, 6.07) is 0. The van der Waals surface area contributed by atoms with Crippen molar-refractivity contribution in [3.8, 4) is 0 Å². The van der Waals surface area contributed by atoms with E-state index in [4.69, 9.17) is 5.11 Å². The summed E-state index contributed by atoms with van der Waals surface area (Å²) >= 11 is 0. The molecule has 1 aliphatic rings. The average Bonchev–Trinajstić information content (AvgIpc) is 2.38. The molecule has 0 aromatic heterocycles. The highest BCUT2D eigenvalue weighted by Gasteiger charge is 2.31. The van der Waals surface area contributed by atoms with Crippen LogP contribution in [0, 0.1) is 11.3 Å². The van der Waals surface area contributed by atoms with Crippen LogP contribution in [0.3, 0.4) is 0 Å². The van der Waals surface area contributed by atoms with Crippen molar-refractivity contribution < 1.29 is 9.90 Å². The number of carboxylic acid groups (broad SMARTS) is 1. The van der Waals surface area contributed by atoms with Gasteiger partial charge in [0, 0.05) is 0 Å². The molecule has 1 aliphatic heterocycles. The van der Waals surface area contributed by atoms with Crippen LogP contribution < -0.4 is 5.32 Å². The summed E-state index contributed by atoms with van der Waals surface area (Å²) in [5.74, 6) is -0.134. The van der Waals surface area contributed by atoms with Crippen LogP contribution in [-0.2, 0) is 4.79 Å². The molecule has 0 radical (unpaired) electrons. The Hall–Kier alpha value is -0.280. The fraction of sp³-hybridized carbons (Fsp3) is 0.889. The number of hydrogen-bond donors (Lipinski definition) is 2. The van der Waals surface area contributed by atoms with Crippen LogP contribution in [-0.4, -0.2) is 24.2 Å². The lowest BCUT2D eigenvalue weighted by molar-refractivity contribution is -0.147. The first-order chi connectivity index (χ1) is 5.52. The first-order valence-corrected chi connectivity index (χ1v) is 4.46. The van der Waals surface area contributed by atoms with Gasteiger partial charge in [0.2, 0.25) is 0 Å². The highest BCUT2D eigenvalue weighted by molar-refractivity contribution is 5.85. The van der Waals surface area contributed by atoms with E-state index in [9.17, 15) is 4.79 Å². The van der Waals surface area contributed by atoms with E-state index < -0.39 is 11.4 Å². The van der Waals surface area contributed by atoms with E-state index in [0.717, 1.165) is 25.9 Å². The molecule has 2 N–H and O–H groups in total. The summed E-state index contributed by atoms with van der Waals surface area (Å²) in [7, 11) is 0. The van der Waals surface area contributed by atoms with Crippen molar-refractivity contribution in [2.75, 3.05) is 13.1 Å². The van der Waals surface area contributed by atoms with Gasteiger partial charge in [0.25, 0.3) is 0 Å². The second kappa shape index (κ2) is 4.82. The Labute approximate surface area is 85.3 Å². The minimum atomic E-state index is -0.686. The SMILES string of the molecule is CC(C)(CC1CCNC1)C(=O)O.Cl. The fourth-order valence-electron chi connectivity index (χ4n) is 1.70. The van der Waals surface area contributed by atoms with Crippen molar-refractivity contribution in [1.82, 2.24) is 5.32 Å². The van der Waals surface area contributed by atoms with Crippen molar-refractivity contribution in [3.05, 3.63) is 0 Å². The van der Waals surface area contributed by atoms with Crippen LogP contribution in [0.15, 0.2) is 0 Å². The molecule has 1 rings (SSSR count). The maximum Gasteiger partial charge on any atom is 0.309 e. The third kappa shape index (κ3) is 3.53. The second-order valence-electron chi connectivity index (χ2n) is 4.25. The fourth-order valence-corrected chi connectivity index (χ4v) is 1.70. The molecule has 0 aliphatic carbocycles. The van der Waals surface area contributed by atoms with Gasteiger partial charge in [-0.15, -0.1) is 12.4 Å². The number of aliphatic carboxylic acids is 1. The predicted molar refractivity (Wildman–Crippen MR) is 54.3 cm³/mol. The Morgan fingerprint density at radius 1 is 1.62 bits per heavy atom. The van der Waals surface area contributed by atoms with E-state index in [1.54, 1.807) is 13.8 Å². The van der Waals surface area contributed by atoms with E-state index >= 15 is 0 Å². The topological polar surface area (TPSA) is 49.3 Å². The number of halogens is 1. The molecule has 1 heterocycles. The molecule has 0 amide bonds. The zero-order valence-electron chi connectivity index (χ0n) is 8.17. The smallest absolute Gasteiger partial charge is 0.309 e. The molecule has 0 aromatic carbocycles. The quantitative estimate of drug-likeness (QED) is 0.738. The normalized spacial score (nSPS) is 22.5. The van der Waals surface area contributed by atoms with Crippen molar-refractivity contribution >= 4 is 18.4 Å². The summed E-state index contributed by atoms with van der Waals surface area (Å²) in [6.07, 6.45) is 1.91. The molecule has 1 fully saturated rings. The van der Waals surface area contributed by atoms with Gasteiger partial charge in [-0.25, -0.2) is 0 Å². The summed E-state index contributed by atoms with van der Waals surface area (Å²) in [5, 5.41) is 12.1. The maximum atomic E-state index is 10.8. The van der Waals surface area contributed by atoms with E-state index in [0.29, 0.717) is 5.92 Å². The molecule has 0 spiro atoms. The highest BCUT2D eigenvalue weighted by atomic mass is 35.5. The maximum absolute atomic E-state index is 10.8. The predicted octanol–water partition coefficient (Wildman–Crippen LogP) is 1.52. The number of nitrogens with one attached hydrogen (secondary N) is 1. The van der Waals surface area contributed by atoms with Crippen LogP contribution in [0.25, 0.3) is 0 Å². The van der Waals surface area contributed by atoms with E-state index in [1.165, 1.54) is 0 Å². The van der Waals surface area contributed by atoms with E-state index in [-0.39, 0.29) is 12.4 Å². The minimum Gasteiger partial charge on any atom is -0.481 e. The molecule has 1 atom stereocenters. The van der Waals surface area contributed by atoms with Gasteiger partial charge in [-0.1, -0.05) is 0 Å². The van der Waals surface area contributed by atoms with Crippen LogP contribution in [0.1, 0.15) is 26.7 Å². The summed E-state index contributed by atoms with van der Waals surface area (Å²) < 4.78 is 0. The molecule has 0 bridgehead atoms. The van der Waals surface area contributed by atoms with E-state index in [1.807, 2.05) is 0 Å². The first kappa shape index (κ1) is 12.7. The summed E-state index contributed by atoms with van der Waals surface area (Å²) in [4.78, 5) is 10.8. The van der Waals surface area contributed by atoms with Gasteiger partial charge in [0.15, 0.2) is 0 Å². The number of hydrogen-bond acceptors (Lipinski definition) is 2. The van der Waals surface area contributed by atoms with Crippen molar-refractivity contribution in [2.24, 2.45) is 11.3 Å². The van der Waals surface area contributed by atoms with Crippen LogP contribution in [0.4, 0.5) is 0 Å². The molecule has 78 valence electrons. The monoisotopic (exact) mass is 207 g/mol. The summed E-state index contributed by atoms with van der Waals surface area (Å²) in [5.41, 5.74) is -0.559. The van der Waals surface area contributed by atoms with Gasteiger partial charge < -0.3 is 10.4 Å². The molecule has 0 aromatic rings. The first-order valence-electron chi connectivity index (χ1n) is 4.46. The Morgan fingerprint density at radius 2 is 2.23 bits per heavy atom. The summed E-state index contributed by atoms with van der Waals surface area (Å²) in [6.45, 7) is 5.62. The molecule has 1 saturated heterocycles. The van der Waals surface area contributed by atoms with Crippen LogP contribution >= 0.6 is 12.4 Å². The van der Waals surface area contributed by atoms with Gasteiger partial charge in [0.05, 0.1) is 5.41 Å². The molecular formula is C9H18ClNO2. The van der Waals surface area contributed by atoms with Crippen molar-refractivity contribution in [3.63, 3.8) is 0 Å². The molecule has 1 unspecified atom stereocenters. The second-order valence-corrected chi connectivity index (χ2v) is 4.25. The lowest BCUT2D eigenvalue weighted by Gasteiger charge is -2.22. The van der Waals surface area contributed by atoms with Crippen molar-refractivity contribution in [1.29, 1.82) is 0 Å². The number of rotatable bonds is 3. The van der Waals surface area contributed by atoms with Crippen LogP contribution in [0.2, 0.25) is 0 Å². The number of carboxylic acids is 1.